The number of hydrogen-bond acceptors (Lipinski definition) is 3. The van der Waals surface area contributed by atoms with Gasteiger partial charge in [-0.2, -0.15) is 4.68 Å². The van der Waals surface area contributed by atoms with Crippen LogP contribution in [0, 0.1) is 0 Å². The smallest absolute Gasteiger partial charge is 0.348 e. The summed E-state index contributed by atoms with van der Waals surface area (Å²) in [6.07, 6.45) is 2.65. The average Bonchev–Trinajstić information content (AvgIpc) is 2.85. The van der Waals surface area contributed by atoms with Gasteiger partial charge in [0.05, 0.1) is 11.8 Å². The maximum atomic E-state index is 13.3. The molecule has 0 radical (unpaired) electrons. The number of aromatic nitrogens is 3. The number of rotatable bonds is 5. The summed E-state index contributed by atoms with van der Waals surface area (Å²) in [6.45, 7) is 11.7. The molecule has 0 spiro atoms. The molecule has 0 saturated carbocycles. The quantitative estimate of drug-likeness (QED) is 0.772. The first-order valence-corrected chi connectivity index (χ1v) is 9.15. The van der Waals surface area contributed by atoms with E-state index in [2.05, 4.69) is 13.5 Å². The second kappa shape index (κ2) is 6.76. The summed E-state index contributed by atoms with van der Waals surface area (Å²) in [4.78, 5) is 26.4. The molecule has 1 aliphatic heterocycles. The van der Waals surface area contributed by atoms with E-state index in [1.54, 1.807) is 16.8 Å². The van der Waals surface area contributed by atoms with Crippen LogP contribution in [0.3, 0.4) is 0 Å². The lowest BCUT2D eigenvalue weighted by molar-refractivity contribution is -0.186. The van der Waals surface area contributed by atoms with Crippen molar-refractivity contribution in [2.45, 2.75) is 64.8 Å². The summed E-state index contributed by atoms with van der Waals surface area (Å²) in [5, 5.41) is 0. The van der Waals surface area contributed by atoms with E-state index in [9.17, 15) is 9.59 Å². The van der Waals surface area contributed by atoms with E-state index in [0.29, 0.717) is 5.69 Å². The first-order chi connectivity index (χ1) is 12.3. The third kappa shape index (κ3) is 2.88. The summed E-state index contributed by atoms with van der Waals surface area (Å²) in [6, 6.07) is 8.63. The third-order valence-electron chi connectivity index (χ3n) is 4.90. The van der Waals surface area contributed by atoms with Crippen LogP contribution >= 0.6 is 0 Å². The Balaban J connectivity index is 2.27. The van der Waals surface area contributed by atoms with Gasteiger partial charge in [0, 0.05) is 0 Å². The minimum atomic E-state index is -0.916. The molecule has 0 unspecified atom stereocenters. The number of ether oxygens (including phenoxy) is 1. The predicted octanol–water partition coefficient (Wildman–Crippen LogP) is 3.20. The van der Waals surface area contributed by atoms with E-state index >= 15 is 0 Å². The van der Waals surface area contributed by atoms with Crippen LogP contribution in [0.4, 0.5) is 0 Å². The molecule has 140 valence electrons. The molecular weight excluding hydrogens is 330 g/mol. The van der Waals surface area contributed by atoms with Crippen molar-refractivity contribution < 1.29 is 4.74 Å². The van der Waals surface area contributed by atoms with Gasteiger partial charge in [-0.05, 0) is 39.3 Å². The highest BCUT2D eigenvalue weighted by Crippen LogP contribution is 2.35. The fourth-order valence-corrected chi connectivity index (χ4v) is 3.78. The minimum absolute atomic E-state index is 0.189. The fourth-order valence-electron chi connectivity index (χ4n) is 3.78. The Morgan fingerprint density at radius 1 is 1.19 bits per heavy atom. The number of hydrogen-bond donors (Lipinski definition) is 0. The van der Waals surface area contributed by atoms with E-state index in [1.165, 1.54) is 9.25 Å². The highest BCUT2D eigenvalue weighted by molar-refractivity contribution is 5.30. The molecule has 0 saturated heterocycles. The average molecular weight is 357 g/mol. The summed E-state index contributed by atoms with van der Waals surface area (Å²) in [5.74, 6) is 0. The standard InChI is InChI=1S/C20H27N3O3/c1-6-7-13-16-17(14(2)3)22-18(24)21(15-11-9-8-10-12-15)19(25)23(22)20(4,5)26-16/h8-12,16-17H,2,6-7,13H2,1,3-5H3/t16-,17+/m0/s1. The fraction of sp³-hybridized carbons (Fsp3) is 0.500. The maximum absolute atomic E-state index is 13.3. The van der Waals surface area contributed by atoms with Gasteiger partial charge in [0.25, 0.3) is 0 Å². The third-order valence-corrected chi connectivity index (χ3v) is 4.90. The van der Waals surface area contributed by atoms with Gasteiger partial charge in [-0.25, -0.2) is 18.8 Å². The summed E-state index contributed by atoms with van der Waals surface area (Å²) in [7, 11) is 0. The van der Waals surface area contributed by atoms with Crippen molar-refractivity contribution in [3.8, 4) is 5.69 Å². The van der Waals surface area contributed by atoms with E-state index in [-0.39, 0.29) is 17.8 Å². The Hall–Kier alpha value is -2.34. The Labute approximate surface area is 153 Å². The molecule has 1 aromatic heterocycles. The molecular formula is C20H27N3O3. The molecule has 26 heavy (non-hydrogen) atoms. The lowest BCUT2D eigenvalue weighted by Crippen LogP contribution is -2.53. The number of nitrogens with zero attached hydrogens (tertiary/aromatic N) is 3. The van der Waals surface area contributed by atoms with Crippen LogP contribution in [-0.4, -0.2) is 20.0 Å². The highest BCUT2D eigenvalue weighted by atomic mass is 16.5. The number of fused-ring (bicyclic) bond motifs is 1. The Kier molecular flexibility index (Phi) is 4.80. The Morgan fingerprint density at radius 2 is 1.85 bits per heavy atom. The molecule has 0 aliphatic carbocycles. The number of para-hydroxylation sites is 1. The summed E-state index contributed by atoms with van der Waals surface area (Å²) < 4.78 is 10.5. The van der Waals surface area contributed by atoms with Crippen molar-refractivity contribution in [1.29, 1.82) is 0 Å². The highest BCUT2D eigenvalue weighted by Gasteiger charge is 2.43. The van der Waals surface area contributed by atoms with Crippen LogP contribution in [0.2, 0.25) is 0 Å². The lowest BCUT2D eigenvalue weighted by atomic mass is 9.98. The zero-order valence-electron chi connectivity index (χ0n) is 15.9. The predicted molar refractivity (Wildman–Crippen MR) is 102 cm³/mol. The van der Waals surface area contributed by atoms with Gasteiger partial charge >= 0.3 is 11.4 Å². The molecule has 1 aromatic carbocycles. The second-order valence-corrected chi connectivity index (χ2v) is 7.43. The first-order valence-electron chi connectivity index (χ1n) is 9.15. The van der Waals surface area contributed by atoms with Crippen LogP contribution in [0.1, 0.15) is 53.0 Å². The topological polar surface area (TPSA) is 58.2 Å². The van der Waals surface area contributed by atoms with Crippen molar-refractivity contribution in [3.05, 3.63) is 63.5 Å². The normalized spacial score (nSPS) is 21.4. The van der Waals surface area contributed by atoms with E-state index in [4.69, 9.17) is 4.74 Å². The van der Waals surface area contributed by atoms with Gasteiger partial charge in [0.15, 0.2) is 5.72 Å². The number of benzene rings is 1. The Morgan fingerprint density at radius 3 is 2.42 bits per heavy atom. The van der Waals surface area contributed by atoms with Gasteiger partial charge in [0.2, 0.25) is 0 Å². The van der Waals surface area contributed by atoms with E-state index in [1.807, 2.05) is 39.0 Å². The van der Waals surface area contributed by atoms with Gasteiger partial charge in [-0.1, -0.05) is 50.1 Å². The molecule has 2 atom stereocenters. The summed E-state index contributed by atoms with van der Waals surface area (Å²) >= 11 is 0. The van der Waals surface area contributed by atoms with Crippen molar-refractivity contribution in [3.63, 3.8) is 0 Å². The zero-order valence-corrected chi connectivity index (χ0v) is 15.9. The second-order valence-electron chi connectivity index (χ2n) is 7.43. The molecule has 0 bridgehead atoms. The van der Waals surface area contributed by atoms with Crippen LogP contribution in [0.5, 0.6) is 0 Å². The van der Waals surface area contributed by atoms with Gasteiger partial charge in [-0.3, -0.25) is 0 Å². The monoisotopic (exact) mass is 357 g/mol. The van der Waals surface area contributed by atoms with Crippen molar-refractivity contribution in [2.24, 2.45) is 0 Å². The summed E-state index contributed by atoms with van der Waals surface area (Å²) in [5.41, 5.74) is -0.305. The van der Waals surface area contributed by atoms with Crippen LogP contribution in [0.25, 0.3) is 5.69 Å². The van der Waals surface area contributed by atoms with Gasteiger partial charge in [-0.15, -0.1) is 0 Å². The van der Waals surface area contributed by atoms with Crippen molar-refractivity contribution >= 4 is 0 Å². The molecule has 2 aromatic rings. The van der Waals surface area contributed by atoms with Gasteiger partial charge in [0.1, 0.15) is 6.04 Å². The zero-order chi connectivity index (χ0) is 19.1. The minimum Gasteiger partial charge on any atom is -0.348 e. The maximum Gasteiger partial charge on any atom is 0.354 e. The number of unbranched alkanes of at least 4 members (excludes halogenated alkanes) is 1. The molecule has 2 heterocycles. The molecule has 6 heteroatoms. The van der Waals surface area contributed by atoms with E-state index < -0.39 is 11.4 Å². The molecule has 3 rings (SSSR count). The first kappa shape index (κ1) is 18.5. The van der Waals surface area contributed by atoms with Crippen molar-refractivity contribution in [2.75, 3.05) is 0 Å². The van der Waals surface area contributed by atoms with E-state index in [0.717, 1.165) is 24.8 Å². The van der Waals surface area contributed by atoms with Crippen LogP contribution in [0.15, 0.2) is 52.1 Å². The lowest BCUT2D eigenvalue weighted by Gasteiger charge is -2.43. The largest absolute Gasteiger partial charge is 0.354 e. The molecule has 0 fully saturated rings. The van der Waals surface area contributed by atoms with Gasteiger partial charge < -0.3 is 4.74 Å². The SMILES string of the molecule is C=C(C)[C@@H]1[C@H](CCCC)OC(C)(C)n2c(=O)n(-c3ccccc3)c(=O)n21. The van der Waals surface area contributed by atoms with Crippen LogP contribution in [-0.2, 0) is 10.5 Å². The molecule has 1 aliphatic rings. The molecule has 0 N–H and O–H groups in total. The molecule has 6 nitrogen and oxygen atoms in total. The molecule has 0 amide bonds. The van der Waals surface area contributed by atoms with Crippen molar-refractivity contribution in [1.82, 2.24) is 13.9 Å². The van der Waals surface area contributed by atoms with Crippen LogP contribution < -0.4 is 11.4 Å². The Bertz CT molecular complexity index is 918.